The molecule has 1 fully saturated rings. The van der Waals surface area contributed by atoms with Crippen molar-refractivity contribution in [3.05, 3.63) is 0 Å². The van der Waals surface area contributed by atoms with Crippen LogP contribution in [0.25, 0.3) is 0 Å². The van der Waals surface area contributed by atoms with E-state index >= 15 is 0 Å². The second-order valence-electron chi connectivity index (χ2n) is 3.22. The average molecular weight is 177 g/mol. The molecule has 0 atom stereocenters. The molecule has 1 saturated carbocycles. The normalized spacial score (nSPS) is 31.5. The fourth-order valence-corrected chi connectivity index (χ4v) is 3.33. The maximum absolute atomic E-state index is 11.3. The monoisotopic (exact) mass is 177 g/mol. The first-order valence-corrected chi connectivity index (χ1v) is 5.75. The van der Waals surface area contributed by atoms with Crippen LogP contribution in [0.15, 0.2) is 0 Å². The van der Waals surface area contributed by atoms with Gasteiger partial charge in [-0.25, -0.2) is 8.42 Å². The molecule has 0 aliphatic heterocycles. The van der Waals surface area contributed by atoms with E-state index in [-0.39, 0.29) is 11.3 Å². The lowest BCUT2D eigenvalue weighted by atomic mass is 9.94. The van der Waals surface area contributed by atoms with Crippen molar-refractivity contribution in [1.29, 1.82) is 0 Å². The van der Waals surface area contributed by atoms with Crippen molar-refractivity contribution in [2.75, 3.05) is 5.75 Å². The summed E-state index contributed by atoms with van der Waals surface area (Å²) in [5.41, 5.74) is 5.50. The Morgan fingerprint density at radius 2 is 2.00 bits per heavy atom. The molecule has 1 aliphatic rings. The zero-order valence-corrected chi connectivity index (χ0v) is 7.60. The van der Waals surface area contributed by atoms with Crippen LogP contribution in [0.4, 0.5) is 0 Å². The molecule has 66 valence electrons. The van der Waals surface area contributed by atoms with Gasteiger partial charge in [-0.3, -0.25) is 0 Å². The van der Waals surface area contributed by atoms with Gasteiger partial charge in [-0.1, -0.05) is 6.92 Å². The Labute approximate surface area is 67.9 Å². The molecule has 0 spiro atoms. The summed E-state index contributed by atoms with van der Waals surface area (Å²) in [5.74, 6) is 0.324. The van der Waals surface area contributed by atoms with Crippen LogP contribution >= 0.6 is 0 Å². The lowest BCUT2D eigenvalue weighted by Crippen LogP contribution is -2.45. The van der Waals surface area contributed by atoms with Gasteiger partial charge < -0.3 is 5.73 Å². The van der Waals surface area contributed by atoms with Gasteiger partial charge in [0.15, 0.2) is 9.84 Å². The van der Waals surface area contributed by atoms with E-state index in [2.05, 4.69) is 0 Å². The molecule has 11 heavy (non-hydrogen) atoms. The van der Waals surface area contributed by atoms with Crippen molar-refractivity contribution in [1.82, 2.24) is 0 Å². The van der Waals surface area contributed by atoms with Crippen LogP contribution in [-0.4, -0.2) is 25.5 Å². The highest BCUT2D eigenvalue weighted by Crippen LogP contribution is 2.26. The molecule has 0 unspecified atom stereocenters. The van der Waals surface area contributed by atoms with Crippen LogP contribution in [0.1, 0.15) is 26.2 Å². The predicted octanol–water partition coefficient (Wildman–Crippen LogP) is 0.301. The molecule has 2 N–H and O–H groups in total. The minimum atomic E-state index is -2.79. The molecule has 3 nitrogen and oxygen atoms in total. The molecule has 0 aromatic heterocycles. The quantitative estimate of drug-likeness (QED) is 0.674. The van der Waals surface area contributed by atoms with Crippen LogP contribution in [-0.2, 0) is 9.84 Å². The van der Waals surface area contributed by atoms with E-state index in [4.69, 9.17) is 5.73 Å². The van der Waals surface area contributed by atoms with Crippen LogP contribution in [0.3, 0.4) is 0 Å². The molecule has 0 aromatic carbocycles. The Hall–Kier alpha value is -0.0900. The summed E-state index contributed by atoms with van der Waals surface area (Å²) in [6, 6.07) is 0.131. The highest BCUT2D eigenvalue weighted by molar-refractivity contribution is 7.92. The first-order valence-electron chi connectivity index (χ1n) is 4.03. The van der Waals surface area contributed by atoms with E-state index in [9.17, 15) is 8.42 Å². The maximum Gasteiger partial charge on any atom is 0.153 e. The van der Waals surface area contributed by atoms with E-state index in [1.54, 1.807) is 0 Å². The van der Waals surface area contributed by atoms with Gasteiger partial charge in [-0.15, -0.1) is 0 Å². The lowest BCUT2D eigenvalue weighted by Gasteiger charge is -2.31. The molecule has 0 amide bonds. The fourth-order valence-electron chi connectivity index (χ4n) is 1.35. The topological polar surface area (TPSA) is 60.2 Å². The largest absolute Gasteiger partial charge is 0.328 e. The minimum absolute atomic E-state index is 0.127. The van der Waals surface area contributed by atoms with Crippen molar-refractivity contribution in [3.63, 3.8) is 0 Å². The van der Waals surface area contributed by atoms with E-state index in [0.717, 1.165) is 0 Å². The number of nitrogens with two attached hydrogens (primary N) is 1. The van der Waals surface area contributed by atoms with Gasteiger partial charge in [0.25, 0.3) is 0 Å². The highest BCUT2D eigenvalue weighted by atomic mass is 32.2. The number of sulfone groups is 1. The van der Waals surface area contributed by atoms with Gasteiger partial charge in [-0.05, 0) is 19.3 Å². The summed E-state index contributed by atoms with van der Waals surface area (Å²) in [4.78, 5) is 0. The molecule has 0 aromatic rings. The smallest absolute Gasteiger partial charge is 0.153 e. The SMILES string of the molecule is CCCS(=O)(=O)C1CC(N)C1. The van der Waals surface area contributed by atoms with Crippen molar-refractivity contribution >= 4 is 9.84 Å². The first-order chi connectivity index (χ1) is 5.06. The molecule has 0 radical (unpaired) electrons. The molecule has 0 saturated heterocycles. The van der Waals surface area contributed by atoms with Crippen molar-refractivity contribution in [2.24, 2.45) is 5.73 Å². The third-order valence-corrected chi connectivity index (χ3v) is 4.51. The third kappa shape index (κ3) is 1.93. The molecule has 0 heterocycles. The summed E-state index contributed by atoms with van der Waals surface area (Å²) < 4.78 is 22.6. The van der Waals surface area contributed by atoms with Gasteiger partial charge in [-0.2, -0.15) is 0 Å². The number of hydrogen-bond donors (Lipinski definition) is 1. The summed E-state index contributed by atoms with van der Waals surface area (Å²) in [6.07, 6.45) is 2.05. The van der Waals surface area contributed by atoms with Crippen LogP contribution in [0.5, 0.6) is 0 Å². The van der Waals surface area contributed by atoms with Crippen LogP contribution in [0, 0.1) is 0 Å². The lowest BCUT2D eigenvalue weighted by molar-refractivity contribution is 0.408. The average Bonchev–Trinajstić information content (AvgIpc) is 1.81. The minimum Gasteiger partial charge on any atom is -0.328 e. The van der Waals surface area contributed by atoms with Crippen molar-refractivity contribution in [3.8, 4) is 0 Å². The Kier molecular flexibility index (Phi) is 2.54. The Morgan fingerprint density at radius 1 is 1.45 bits per heavy atom. The fraction of sp³-hybridized carbons (Fsp3) is 1.00. The highest BCUT2D eigenvalue weighted by Gasteiger charge is 2.35. The Morgan fingerprint density at radius 3 is 2.36 bits per heavy atom. The number of hydrogen-bond acceptors (Lipinski definition) is 3. The van der Waals surface area contributed by atoms with Crippen molar-refractivity contribution in [2.45, 2.75) is 37.5 Å². The standard InChI is InChI=1S/C7H15NO2S/c1-2-3-11(9,10)7-4-6(8)5-7/h6-7H,2-5,8H2,1H3. The van der Waals surface area contributed by atoms with Gasteiger partial charge >= 0.3 is 0 Å². The maximum atomic E-state index is 11.3. The molecule has 0 bridgehead atoms. The first kappa shape index (κ1) is 9.00. The molecular formula is C7H15NO2S. The van der Waals surface area contributed by atoms with Gasteiger partial charge in [0.1, 0.15) is 0 Å². The van der Waals surface area contributed by atoms with Crippen molar-refractivity contribution < 1.29 is 8.42 Å². The Balaban J connectivity index is 2.47. The van der Waals surface area contributed by atoms with Gasteiger partial charge in [0.2, 0.25) is 0 Å². The summed E-state index contributed by atoms with van der Waals surface area (Å²) >= 11 is 0. The van der Waals surface area contributed by atoms with Crippen LogP contribution < -0.4 is 5.73 Å². The molecule has 4 heteroatoms. The summed E-state index contributed by atoms with van der Waals surface area (Å²) in [7, 11) is -2.79. The van der Waals surface area contributed by atoms with E-state index in [0.29, 0.717) is 25.0 Å². The third-order valence-electron chi connectivity index (χ3n) is 2.13. The second-order valence-corrected chi connectivity index (χ2v) is 5.62. The summed E-state index contributed by atoms with van der Waals surface area (Å²) in [5, 5.41) is -0.127. The van der Waals surface area contributed by atoms with Gasteiger partial charge in [0, 0.05) is 6.04 Å². The Bertz CT molecular complexity index is 217. The zero-order valence-electron chi connectivity index (χ0n) is 6.79. The van der Waals surface area contributed by atoms with E-state index in [1.165, 1.54) is 0 Å². The second kappa shape index (κ2) is 3.11. The predicted molar refractivity (Wildman–Crippen MR) is 45.1 cm³/mol. The summed E-state index contributed by atoms with van der Waals surface area (Å²) in [6.45, 7) is 1.89. The van der Waals surface area contributed by atoms with E-state index < -0.39 is 9.84 Å². The van der Waals surface area contributed by atoms with Gasteiger partial charge in [0.05, 0.1) is 11.0 Å². The molecule has 1 rings (SSSR count). The number of rotatable bonds is 3. The zero-order chi connectivity index (χ0) is 8.48. The molecule has 1 aliphatic carbocycles. The van der Waals surface area contributed by atoms with Crippen LogP contribution in [0.2, 0.25) is 0 Å². The van der Waals surface area contributed by atoms with E-state index in [1.807, 2.05) is 6.92 Å². The molecular weight excluding hydrogens is 162 g/mol.